The molecule has 0 aliphatic rings. The molecule has 0 spiro atoms. The first kappa shape index (κ1) is 6.49. The fraction of sp³-hybridized carbons (Fsp3) is 0.143. The van der Waals surface area contributed by atoms with Crippen LogP contribution < -0.4 is 0 Å². The zero-order valence-electron chi connectivity index (χ0n) is 5.08. The minimum atomic E-state index is 0.906. The highest BCUT2D eigenvalue weighted by atomic mass is 32.1. The summed E-state index contributed by atoms with van der Waals surface area (Å²) in [7, 11) is 0. The van der Waals surface area contributed by atoms with E-state index in [0.29, 0.717) is 0 Å². The van der Waals surface area contributed by atoms with E-state index in [1.54, 1.807) is 11.3 Å². The molecule has 0 amide bonds. The third-order valence-corrected chi connectivity index (χ3v) is 1.55. The van der Waals surface area contributed by atoms with E-state index in [4.69, 9.17) is 0 Å². The highest BCUT2D eigenvalue weighted by Crippen LogP contribution is 2.05. The molecule has 0 atom stereocenters. The Labute approximate surface area is 59.1 Å². The summed E-state index contributed by atoms with van der Waals surface area (Å²) in [4.78, 5) is 4.07. The minimum absolute atomic E-state index is 0.906. The molecule has 1 nitrogen and oxygen atoms in total. The molecule has 0 fully saturated rings. The van der Waals surface area contributed by atoms with Gasteiger partial charge in [-0.05, 0) is 6.42 Å². The molecule has 47 valence electrons. The molecule has 0 N–H and O–H groups in total. The number of aromatic nitrogens is 1. The van der Waals surface area contributed by atoms with Crippen molar-refractivity contribution >= 4 is 11.3 Å². The van der Waals surface area contributed by atoms with Crippen LogP contribution in [0.15, 0.2) is 23.5 Å². The van der Waals surface area contributed by atoms with Gasteiger partial charge in [0.1, 0.15) is 0 Å². The van der Waals surface area contributed by atoms with Gasteiger partial charge in [-0.3, -0.25) is 0 Å². The molecule has 1 rings (SSSR count). The van der Waals surface area contributed by atoms with Gasteiger partial charge in [-0.15, -0.1) is 17.9 Å². The molecule has 0 bridgehead atoms. The molecule has 9 heavy (non-hydrogen) atoms. The van der Waals surface area contributed by atoms with Crippen LogP contribution in [-0.4, -0.2) is 4.98 Å². The quantitative estimate of drug-likeness (QED) is 0.584. The number of rotatable bonds is 3. The lowest BCUT2D eigenvalue weighted by atomic mass is 10.2. The van der Waals surface area contributed by atoms with E-state index in [0.717, 1.165) is 12.1 Å². The van der Waals surface area contributed by atoms with Crippen molar-refractivity contribution in [3.63, 3.8) is 0 Å². The van der Waals surface area contributed by atoms with Gasteiger partial charge in [0.15, 0.2) is 0 Å². The van der Waals surface area contributed by atoms with Gasteiger partial charge >= 0.3 is 0 Å². The Hall–Kier alpha value is -0.630. The summed E-state index contributed by atoms with van der Waals surface area (Å²) < 4.78 is 0. The van der Waals surface area contributed by atoms with Gasteiger partial charge in [-0.25, -0.2) is 4.98 Å². The van der Waals surface area contributed by atoms with Gasteiger partial charge < -0.3 is 0 Å². The standard InChI is InChI=1S/C7H8NS/c1-2-3-4-7-5-9-6-8-7/h2,4-6H,1,3H2. The van der Waals surface area contributed by atoms with E-state index >= 15 is 0 Å². The van der Waals surface area contributed by atoms with Gasteiger partial charge in [0.2, 0.25) is 0 Å². The zero-order chi connectivity index (χ0) is 6.53. The van der Waals surface area contributed by atoms with Crippen molar-refractivity contribution in [2.24, 2.45) is 0 Å². The lowest BCUT2D eigenvalue weighted by molar-refractivity contribution is 1.17. The molecule has 1 heterocycles. The maximum absolute atomic E-state index is 4.07. The maximum Gasteiger partial charge on any atom is 0.0794 e. The van der Waals surface area contributed by atoms with Crippen molar-refractivity contribution < 1.29 is 0 Å². The van der Waals surface area contributed by atoms with Crippen LogP contribution in [0.2, 0.25) is 0 Å². The lowest BCUT2D eigenvalue weighted by Crippen LogP contribution is -1.76. The first-order valence-corrected chi connectivity index (χ1v) is 3.70. The van der Waals surface area contributed by atoms with E-state index in [1.165, 1.54) is 0 Å². The Balaban J connectivity index is 2.38. The van der Waals surface area contributed by atoms with Crippen molar-refractivity contribution in [1.29, 1.82) is 0 Å². The van der Waals surface area contributed by atoms with Crippen LogP contribution in [0.4, 0.5) is 0 Å². The predicted octanol–water partition coefficient (Wildman–Crippen LogP) is 2.27. The second kappa shape index (κ2) is 3.41. The van der Waals surface area contributed by atoms with Crippen LogP contribution in [0, 0.1) is 6.42 Å². The number of allylic oxidation sites excluding steroid dienone is 1. The van der Waals surface area contributed by atoms with E-state index in [2.05, 4.69) is 11.6 Å². The van der Waals surface area contributed by atoms with Gasteiger partial charge in [-0.1, -0.05) is 6.08 Å². The fourth-order valence-electron chi connectivity index (χ4n) is 0.527. The van der Waals surface area contributed by atoms with E-state index in [9.17, 15) is 0 Å². The highest BCUT2D eigenvalue weighted by Gasteiger charge is 1.90. The van der Waals surface area contributed by atoms with Gasteiger partial charge in [0.05, 0.1) is 11.2 Å². The summed E-state index contributed by atoms with van der Waals surface area (Å²) in [5, 5.41) is 2.02. The van der Waals surface area contributed by atoms with Crippen LogP contribution in [0.1, 0.15) is 12.1 Å². The predicted molar refractivity (Wildman–Crippen MR) is 40.3 cm³/mol. The van der Waals surface area contributed by atoms with Crippen LogP contribution in [0.5, 0.6) is 0 Å². The van der Waals surface area contributed by atoms with Crippen LogP contribution >= 0.6 is 11.3 Å². The average molecular weight is 138 g/mol. The summed E-state index contributed by atoms with van der Waals surface area (Å²) in [6.07, 6.45) is 4.81. The fourth-order valence-corrected chi connectivity index (χ4v) is 1.07. The summed E-state index contributed by atoms with van der Waals surface area (Å²) in [6, 6.07) is 0. The summed E-state index contributed by atoms with van der Waals surface area (Å²) in [5.41, 5.74) is 2.88. The third-order valence-electron chi connectivity index (χ3n) is 0.945. The Bertz CT molecular complexity index is 167. The first-order chi connectivity index (χ1) is 4.43. The van der Waals surface area contributed by atoms with Gasteiger partial charge in [0.25, 0.3) is 0 Å². The van der Waals surface area contributed by atoms with Crippen LogP contribution in [0.3, 0.4) is 0 Å². The second-order valence-electron chi connectivity index (χ2n) is 1.64. The monoisotopic (exact) mass is 138 g/mol. The molecule has 1 radical (unpaired) electrons. The van der Waals surface area contributed by atoms with Crippen molar-refractivity contribution in [2.75, 3.05) is 0 Å². The number of nitrogens with zero attached hydrogens (tertiary/aromatic N) is 1. The lowest BCUT2D eigenvalue weighted by Gasteiger charge is -1.85. The third kappa shape index (κ3) is 1.98. The molecule has 2 heteroatoms. The summed E-state index contributed by atoms with van der Waals surface area (Å²) in [5.74, 6) is 0. The Morgan fingerprint density at radius 1 is 1.78 bits per heavy atom. The van der Waals surface area contributed by atoms with Crippen LogP contribution in [-0.2, 0) is 0 Å². The molecular formula is C7H8NS. The molecule has 0 saturated heterocycles. The zero-order valence-corrected chi connectivity index (χ0v) is 5.90. The summed E-state index contributed by atoms with van der Waals surface area (Å²) in [6.45, 7) is 3.60. The Morgan fingerprint density at radius 2 is 2.67 bits per heavy atom. The van der Waals surface area contributed by atoms with Crippen molar-refractivity contribution in [3.05, 3.63) is 35.7 Å². The maximum atomic E-state index is 4.07. The molecule has 1 aromatic rings. The minimum Gasteiger partial charge on any atom is -0.249 e. The smallest absolute Gasteiger partial charge is 0.0794 e. The molecule has 0 aliphatic heterocycles. The summed E-state index contributed by atoms with van der Waals surface area (Å²) >= 11 is 1.61. The molecule has 0 unspecified atom stereocenters. The topological polar surface area (TPSA) is 12.9 Å². The molecule has 0 saturated carbocycles. The number of hydrogen-bond acceptors (Lipinski definition) is 2. The van der Waals surface area contributed by atoms with E-state index in [-0.39, 0.29) is 0 Å². The first-order valence-electron chi connectivity index (χ1n) is 2.76. The molecule has 0 aromatic carbocycles. The number of hydrogen-bond donors (Lipinski definition) is 0. The highest BCUT2D eigenvalue weighted by molar-refractivity contribution is 7.07. The van der Waals surface area contributed by atoms with E-state index < -0.39 is 0 Å². The van der Waals surface area contributed by atoms with Gasteiger partial charge in [0, 0.05) is 11.8 Å². The van der Waals surface area contributed by atoms with Gasteiger partial charge in [-0.2, -0.15) is 0 Å². The average Bonchev–Trinajstić information content (AvgIpc) is 2.34. The normalized spacial score (nSPS) is 9.33. The SMILES string of the molecule is C=CC[CH]c1cscn1. The Kier molecular flexibility index (Phi) is 2.46. The second-order valence-corrected chi connectivity index (χ2v) is 2.36. The number of thiazole rings is 1. The largest absolute Gasteiger partial charge is 0.249 e. The van der Waals surface area contributed by atoms with Crippen LogP contribution in [0.25, 0.3) is 0 Å². The Morgan fingerprint density at radius 3 is 3.22 bits per heavy atom. The molecule has 1 aromatic heterocycles. The van der Waals surface area contributed by atoms with Crippen molar-refractivity contribution in [2.45, 2.75) is 6.42 Å². The van der Waals surface area contributed by atoms with E-state index in [1.807, 2.05) is 23.4 Å². The molecule has 0 aliphatic carbocycles. The molecular weight excluding hydrogens is 130 g/mol. The van der Waals surface area contributed by atoms with Crippen molar-refractivity contribution in [3.8, 4) is 0 Å². The van der Waals surface area contributed by atoms with Crippen molar-refractivity contribution in [1.82, 2.24) is 4.98 Å².